The highest BCUT2D eigenvalue weighted by Crippen LogP contribution is 2.40. The van der Waals surface area contributed by atoms with Crippen LogP contribution in [0, 0.1) is 5.41 Å². The molecule has 2 saturated heterocycles. The molecule has 0 saturated carbocycles. The van der Waals surface area contributed by atoms with E-state index in [1.54, 1.807) is 23.4 Å². The van der Waals surface area contributed by atoms with Gasteiger partial charge in [0.1, 0.15) is 5.69 Å². The molecule has 27 heavy (non-hydrogen) atoms. The standard InChI is InChI=1S/C20H25N5O2/c1-2-10-24-11-3-6-20(19(24)27)7-12-25(14-20)18(26)17-13-16(22-23-17)15-4-8-21-9-5-15/h4-5,8-9,13H,2-3,6-7,10-12,14H2,1H3,(H,22,23)/t20-/m0/s1. The SMILES string of the molecule is CCCN1CCC[C@@]2(CCN(C(=O)c3cc(-c4ccncc4)n[nH]3)C2)C1=O. The van der Waals surface area contributed by atoms with Gasteiger partial charge < -0.3 is 9.80 Å². The Morgan fingerprint density at radius 2 is 2.07 bits per heavy atom. The van der Waals surface area contributed by atoms with Crippen LogP contribution in [0.25, 0.3) is 11.3 Å². The zero-order chi connectivity index (χ0) is 18.9. The van der Waals surface area contributed by atoms with Gasteiger partial charge in [0.15, 0.2) is 0 Å². The predicted octanol–water partition coefficient (Wildman–Crippen LogP) is 2.34. The van der Waals surface area contributed by atoms with E-state index in [1.165, 1.54) is 0 Å². The molecule has 1 atom stereocenters. The Kier molecular flexibility index (Phi) is 4.68. The largest absolute Gasteiger partial charge is 0.342 e. The number of carbonyl (C=O) groups is 2. The molecule has 7 heteroatoms. The molecule has 0 aromatic carbocycles. The van der Waals surface area contributed by atoms with Gasteiger partial charge in [-0.25, -0.2) is 0 Å². The summed E-state index contributed by atoms with van der Waals surface area (Å²) in [7, 11) is 0. The maximum absolute atomic E-state index is 13.0. The number of hydrogen-bond acceptors (Lipinski definition) is 4. The second-order valence-corrected chi connectivity index (χ2v) is 7.56. The van der Waals surface area contributed by atoms with E-state index in [-0.39, 0.29) is 11.8 Å². The third kappa shape index (κ3) is 3.22. The van der Waals surface area contributed by atoms with E-state index in [0.717, 1.165) is 50.0 Å². The minimum Gasteiger partial charge on any atom is -0.342 e. The lowest BCUT2D eigenvalue weighted by Gasteiger charge is -2.39. The van der Waals surface area contributed by atoms with Crippen LogP contribution in [0.5, 0.6) is 0 Å². The summed E-state index contributed by atoms with van der Waals surface area (Å²) < 4.78 is 0. The molecule has 0 bridgehead atoms. The summed E-state index contributed by atoms with van der Waals surface area (Å²) >= 11 is 0. The highest BCUT2D eigenvalue weighted by Gasteiger charge is 2.49. The van der Waals surface area contributed by atoms with Gasteiger partial charge in [-0.05, 0) is 43.9 Å². The average molecular weight is 367 g/mol. The number of amides is 2. The van der Waals surface area contributed by atoms with Gasteiger partial charge in [-0.2, -0.15) is 5.10 Å². The van der Waals surface area contributed by atoms with E-state index < -0.39 is 5.41 Å². The summed E-state index contributed by atoms with van der Waals surface area (Å²) in [5.41, 5.74) is 1.71. The molecule has 0 radical (unpaired) electrons. The summed E-state index contributed by atoms with van der Waals surface area (Å²) in [6, 6.07) is 5.49. The lowest BCUT2D eigenvalue weighted by atomic mass is 9.78. The molecular formula is C20H25N5O2. The number of nitrogens with zero attached hydrogens (tertiary/aromatic N) is 4. The molecule has 2 aromatic heterocycles. The van der Waals surface area contributed by atoms with Crippen LogP contribution in [0.1, 0.15) is 43.1 Å². The normalized spacial score (nSPS) is 22.6. The highest BCUT2D eigenvalue weighted by atomic mass is 16.2. The minimum atomic E-state index is -0.392. The van der Waals surface area contributed by atoms with Gasteiger partial charge in [-0.15, -0.1) is 0 Å². The van der Waals surface area contributed by atoms with Crippen molar-refractivity contribution in [1.29, 1.82) is 0 Å². The maximum atomic E-state index is 13.0. The summed E-state index contributed by atoms with van der Waals surface area (Å²) in [5, 5.41) is 7.11. The Morgan fingerprint density at radius 3 is 2.85 bits per heavy atom. The fourth-order valence-corrected chi connectivity index (χ4v) is 4.33. The van der Waals surface area contributed by atoms with Crippen molar-refractivity contribution in [2.45, 2.75) is 32.6 Å². The Hall–Kier alpha value is -2.70. The van der Waals surface area contributed by atoms with Crippen molar-refractivity contribution in [3.05, 3.63) is 36.3 Å². The third-order valence-corrected chi connectivity index (χ3v) is 5.74. The van der Waals surface area contributed by atoms with Gasteiger partial charge >= 0.3 is 0 Å². The number of aromatic amines is 1. The first-order chi connectivity index (χ1) is 13.1. The number of H-pyrrole nitrogens is 1. The van der Waals surface area contributed by atoms with Gasteiger partial charge in [-0.1, -0.05) is 6.92 Å². The monoisotopic (exact) mass is 367 g/mol. The van der Waals surface area contributed by atoms with Crippen LogP contribution >= 0.6 is 0 Å². The molecule has 1 spiro atoms. The Morgan fingerprint density at radius 1 is 1.26 bits per heavy atom. The topological polar surface area (TPSA) is 82.2 Å². The first-order valence-electron chi connectivity index (χ1n) is 9.67. The number of rotatable bonds is 4. The van der Waals surface area contributed by atoms with E-state index in [0.29, 0.717) is 18.8 Å². The number of aromatic nitrogens is 3. The number of pyridine rings is 1. The summed E-state index contributed by atoms with van der Waals surface area (Å²) in [6.07, 6.45) is 7.02. The minimum absolute atomic E-state index is 0.0832. The number of carbonyl (C=O) groups excluding carboxylic acids is 2. The molecule has 0 unspecified atom stereocenters. The van der Waals surface area contributed by atoms with E-state index in [9.17, 15) is 9.59 Å². The maximum Gasteiger partial charge on any atom is 0.271 e. The first kappa shape index (κ1) is 17.7. The summed E-state index contributed by atoms with van der Waals surface area (Å²) in [4.78, 5) is 33.7. The molecule has 0 aliphatic carbocycles. The molecule has 1 N–H and O–H groups in total. The molecule has 2 aromatic rings. The third-order valence-electron chi connectivity index (χ3n) is 5.74. The first-order valence-corrected chi connectivity index (χ1v) is 9.67. The quantitative estimate of drug-likeness (QED) is 0.899. The lowest BCUT2D eigenvalue weighted by Crippen LogP contribution is -2.50. The molecule has 4 heterocycles. The van der Waals surface area contributed by atoms with Crippen molar-refractivity contribution in [3.63, 3.8) is 0 Å². The number of piperidine rings is 1. The smallest absolute Gasteiger partial charge is 0.271 e. The Labute approximate surface area is 158 Å². The van der Waals surface area contributed by atoms with Crippen LogP contribution in [-0.4, -0.2) is 63.0 Å². The molecule has 142 valence electrons. The lowest BCUT2D eigenvalue weighted by molar-refractivity contribution is -0.145. The Balaban J connectivity index is 1.48. The summed E-state index contributed by atoms with van der Waals surface area (Å²) in [6.45, 7) is 4.88. The van der Waals surface area contributed by atoms with Gasteiger partial charge in [-0.3, -0.25) is 19.7 Å². The molecule has 7 nitrogen and oxygen atoms in total. The van der Waals surface area contributed by atoms with E-state index in [4.69, 9.17) is 0 Å². The van der Waals surface area contributed by atoms with Crippen LogP contribution in [0.15, 0.2) is 30.6 Å². The number of hydrogen-bond donors (Lipinski definition) is 1. The molecule has 2 aliphatic heterocycles. The van der Waals surface area contributed by atoms with Crippen LogP contribution in [-0.2, 0) is 4.79 Å². The predicted molar refractivity (Wildman–Crippen MR) is 101 cm³/mol. The molecule has 4 rings (SSSR count). The summed E-state index contributed by atoms with van der Waals surface area (Å²) in [5.74, 6) is 0.146. The van der Waals surface area contributed by atoms with E-state index >= 15 is 0 Å². The van der Waals surface area contributed by atoms with Crippen molar-refractivity contribution in [2.75, 3.05) is 26.2 Å². The zero-order valence-electron chi connectivity index (χ0n) is 15.6. The van der Waals surface area contributed by atoms with Crippen LogP contribution < -0.4 is 0 Å². The second kappa shape index (κ2) is 7.13. The van der Waals surface area contributed by atoms with Gasteiger partial charge in [0.2, 0.25) is 5.91 Å². The van der Waals surface area contributed by atoms with Crippen molar-refractivity contribution in [1.82, 2.24) is 25.0 Å². The van der Waals surface area contributed by atoms with Gasteiger partial charge in [0.25, 0.3) is 5.91 Å². The van der Waals surface area contributed by atoms with Crippen LogP contribution in [0.4, 0.5) is 0 Å². The molecule has 2 aliphatic rings. The fourth-order valence-electron chi connectivity index (χ4n) is 4.33. The van der Waals surface area contributed by atoms with Crippen molar-refractivity contribution < 1.29 is 9.59 Å². The van der Waals surface area contributed by atoms with Crippen LogP contribution in [0.2, 0.25) is 0 Å². The van der Waals surface area contributed by atoms with Gasteiger partial charge in [0.05, 0.1) is 11.1 Å². The second-order valence-electron chi connectivity index (χ2n) is 7.56. The van der Waals surface area contributed by atoms with Gasteiger partial charge in [0, 0.05) is 44.1 Å². The molecule has 2 amide bonds. The number of likely N-dealkylation sites (tertiary alicyclic amines) is 2. The Bertz CT molecular complexity index is 832. The van der Waals surface area contributed by atoms with Crippen molar-refractivity contribution >= 4 is 11.8 Å². The van der Waals surface area contributed by atoms with E-state index in [1.807, 2.05) is 17.0 Å². The molecule has 2 fully saturated rings. The van der Waals surface area contributed by atoms with Crippen molar-refractivity contribution in [2.24, 2.45) is 5.41 Å². The zero-order valence-corrected chi connectivity index (χ0v) is 15.6. The fraction of sp³-hybridized carbons (Fsp3) is 0.500. The highest BCUT2D eigenvalue weighted by molar-refractivity contribution is 5.94. The van der Waals surface area contributed by atoms with E-state index in [2.05, 4.69) is 22.1 Å². The number of nitrogens with one attached hydrogen (secondary N) is 1. The average Bonchev–Trinajstić information content (AvgIpc) is 3.35. The van der Waals surface area contributed by atoms with Crippen molar-refractivity contribution in [3.8, 4) is 11.3 Å². The molecular weight excluding hydrogens is 342 g/mol. The van der Waals surface area contributed by atoms with Crippen LogP contribution in [0.3, 0.4) is 0 Å².